The summed E-state index contributed by atoms with van der Waals surface area (Å²) in [4.78, 5) is 2.57. The maximum Gasteiger partial charge on any atom is 0.132 e. The highest BCUT2D eigenvalue weighted by molar-refractivity contribution is 6.00. The first kappa shape index (κ1) is 32.8. The molecule has 2 aliphatic heterocycles. The number of ether oxygens (including phenoxy) is 1. The molecule has 56 heavy (non-hydrogen) atoms. The fraction of sp³-hybridized carbons (Fsp3) is 0.111. The van der Waals surface area contributed by atoms with Gasteiger partial charge >= 0.3 is 0 Å². The first-order valence-electron chi connectivity index (χ1n) is 19.7. The van der Waals surface area contributed by atoms with Crippen molar-refractivity contribution < 1.29 is 4.74 Å². The molecule has 0 bridgehead atoms. The fourth-order valence-corrected chi connectivity index (χ4v) is 10.2. The van der Waals surface area contributed by atoms with E-state index < -0.39 is 5.41 Å². The molecule has 8 aromatic rings. The Labute approximate surface area is 329 Å². The summed E-state index contributed by atoms with van der Waals surface area (Å²) in [6.07, 6.45) is 0. The molecular formula is C54H41NO. The molecule has 3 aliphatic rings. The van der Waals surface area contributed by atoms with Crippen LogP contribution in [-0.4, -0.2) is 0 Å². The number of rotatable bonds is 3. The lowest BCUT2D eigenvalue weighted by Gasteiger charge is -2.49. The number of nitrogens with zero attached hydrogens (tertiary/aromatic N) is 1. The molecule has 2 nitrogen and oxygen atoms in total. The molecule has 1 aliphatic carbocycles. The summed E-state index contributed by atoms with van der Waals surface area (Å²) >= 11 is 0. The van der Waals surface area contributed by atoms with Gasteiger partial charge in [-0.2, -0.15) is 0 Å². The predicted molar refractivity (Wildman–Crippen MR) is 231 cm³/mol. The highest BCUT2D eigenvalue weighted by atomic mass is 16.5. The lowest BCUT2D eigenvalue weighted by atomic mass is 9.60. The Kier molecular flexibility index (Phi) is 6.98. The zero-order chi connectivity index (χ0) is 37.8. The Balaban J connectivity index is 1.32. The quantitative estimate of drug-likeness (QED) is 0.180. The molecule has 0 radical (unpaired) electrons. The van der Waals surface area contributed by atoms with E-state index in [2.05, 4.69) is 209 Å². The van der Waals surface area contributed by atoms with E-state index in [1.54, 1.807) is 0 Å². The van der Waals surface area contributed by atoms with Crippen molar-refractivity contribution >= 4 is 17.1 Å². The molecule has 0 atom stereocenters. The van der Waals surface area contributed by atoms with Crippen LogP contribution < -0.4 is 9.64 Å². The van der Waals surface area contributed by atoms with Crippen LogP contribution >= 0.6 is 0 Å². The molecule has 0 saturated carbocycles. The van der Waals surface area contributed by atoms with Gasteiger partial charge in [-0.25, -0.2) is 0 Å². The van der Waals surface area contributed by atoms with E-state index in [1.807, 2.05) is 0 Å². The minimum atomic E-state index is -0.695. The molecule has 0 amide bonds. The third-order valence-corrected chi connectivity index (χ3v) is 12.8. The number of benzene rings is 8. The summed E-state index contributed by atoms with van der Waals surface area (Å²) in [7, 11) is 0. The maximum absolute atomic E-state index is 6.82. The average Bonchev–Trinajstić information content (AvgIpc) is 3.47. The molecule has 2 heterocycles. The van der Waals surface area contributed by atoms with Crippen LogP contribution in [0.5, 0.6) is 11.5 Å². The van der Waals surface area contributed by atoms with Gasteiger partial charge in [0.1, 0.15) is 11.5 Å². The van der Waals surface area contributed by atoms with Gasteiger partial charge in [0, 0.05) is 22.1 Å². The highest BCUT2D eigenvalue weighted by Crippen LogP contribution is 2.65. The van der Waals surface area contributed by atoms with Gasteiger partial charge < -0.3 is 9.64 Å². The Morgan fingerprint density at radius 2 is 0.857 bits per heavy atom. The molecular weight excluding hydrogens is 679 g/mol. The van der Waals surface area contributed by atoms with Crippen molar-refractivity contribution in [3.63, 3.8) is 0 Å². The van der Waals surface area contributed by atoms with Crippen LogP contribution in [0.4, 0.5) is 17.1 Å². The third kappa shape index (κ3) is 4.38. The van der Waals surface area contributed by atoms with E-state index in [0.717, 1.165) is 22.6 Å². The Hall–Kier alpha value is -6.64. The number of fused-ring (bicyclic) bond motifs is 11. The van der Waals surface area contributed by atoms with Crippen LogP contribution in [0, 0.1) is 13.8 Å². The summed E-state index contributed by atoms with van der Waals surface area (Å²) < 4.78 is 6.82. The van der Waals surface area contributed by atoms with E-state index in [-0.39, 0.29) is 5.41 Å². The van der Waals surface area contributed by atoms with Gasteiger partial charge in [-0.1, -0.05) is 147 Å². The van der Waals surface area contributed by atoms with Crippen molar-refractivity contribution in [1.82, 2.24) is 0 Å². The lowest BCUT2D eigenvalue weighted by Crippen LogP contribution is -2.40. The van der Waals surface area contributed by atoms with Crippen molar-refractivity contribution in [3.8, 4) is 44.9 Å². The summed E-state index contributed by atoms with van der Waals surface area (Å²) in [6, 6.07) is 65.2. The van der Waals surface area contributed by atoms with E-state index in [1.165, 1.54) is 83.8 Å². The van der Waals surface area contributed by atoms with Crippen LogP contribution in [0.25, 0.3) is 33.4 Å². The summed E-state index contributed by atoms with van der Waals surface area (Å²) in [5.41, 5.74) is 20.2. The zero-order valence-electron chi connectivity index (χ0n) is 32.1. The summed E-state index contributed by atoms with van der Waals surface area (Å²) in [6.45, 7) is 9.17. The van der Waals surface area contributed by atoms with Gasteiger partial charge in [-0.15, -0.1) is 0 Å². The minimum Gasteiger partial charge on any atom is -0.457 e. The molecule has 0 fully saturated rings. The normalized spacial score (nSPS) is 14.8. The number of hydrogen-bond acceptors (Lipinski definition) is 2. The van der Waals surface area contributed by atoms with Gasteiger partial charge in [0.25, 0.3) is 0 Å². The highest BCUT2D eigenvalue weighted by Gasteiger charge is 2.52. The standard InChI is InChI=1S/C54H41NO/c1-34-16-5-7-18-38(34)36-28-30-47-45(32-36)54(42-22-11-13-26-50(42)56-51-27-14-12-23-43(51)54)46-33-37(39-19-8-6-17-35(39)2)29-31-48(46)55(47)49-25-15-24-44-52(49)40-20-9-10-21-41(40)53(44,3)4/h5-33H,1-4H3. The van der Waals surface area contributed by atoms with Crippen molar-refractivity contribution in [3.05, 3.63) is 220 Å². The van der Waals surface area contributed by atoms with Crippen molar-refractivity contribution in [2.45, 2.75) is 38.5 Å². The third-order valence-electron chi connectivity index (χ3n) is 12.8. The average molecular weight is 720 g/mol. The van der Waals surface area contributed by atoms with Gasteiger partial charge in [0.15, 0.2) is 0 Å². The van der Waals surface area contributed by atoms with Crippen LogP contribution in [-0.2, 0) is 10.8 Å². The monoisotopic (exact) mass is 719 g/mol. The number of aryl methyl sites for hydroxylation is 2. The first-order valence-corrected chi connectivity index (χ1v) is 19.7. The Bertz CT molecular complexity index is 2770. The second-order valence-electron chi connectivity index (χ2n) is 16.1. The molecule has 0 saturated heterocycles. The lowest BCUT2D eigenvalue weighted by molar-refractivity contribution is 0.434. The van der Waals surface area contributed by atoms with Crippen LogP contribution in [0.2, 0.25) is 0 Å². The van der Waals surface area contributed by atoms with E-state index in [9.17, 15) is 0 Å². The van der Waals surface area contributed by atoms with E-state index >= 15 is 0 Å². The van der Waals surface area contributed by atoms with Gasteiger partial charge in [0.05, 0.1) is 22.5 Å². The Morgan fingerprint density at radius 3 is 1.41 bits per heavy atom. The van der Waals surface area contributed by atoms with Crippen molar-refractivity contribution in [1.29, 1.82) is 0 Å². The Morgan fingerprint density at radius 1 is 0.393 bits per heavy atom. The SMILES string of the molecule is Cc1ccccc1-c1ccc2c(c1)C1(c3ccccc3Oc3ccccc31)c1cc(-c3ccccc3C)ccc1N2c1cccc2c1-c1ccccc1C2(C)C. The maximum atomic E-state index is 6.82. The molecule has 11 rings (SSSR count). The molecule has 0 aromatic heterocycles. The summed E-state index contributed by atoms with van der Waals surface area (Å²) in [5.74, 6) is 1.77. The second kappa shape index (κ2) is 11.9. The van der Waals surface area contributed by atoms with Gasteiger partial charge in [-0.3, -0.25) is 0 Å². The van der Waals surface area contributed by atoms with Crippen LogP contribution in [0.15, 0.2) is 176 Å². The van der Waals surface area contributed by atoms with Crippen molar-refractivity contribution in [2.75, 3.05) is 4.90 Å². The largest absolute Gasteiger partial charge is 0.457 e. The van der Waals surface area contributed by atoms with Crippen LogP contribution in [0.1, 0.15) is 58.4 Å². The fourth-order valence-electron chi connectivity index (χ4n) is 10.2. The number of para-hydroxylation sites is 2. The van der Waals surface area contributed by atoms with Crippen molar-refractivity contribution in [2.24, 2.45) is 0 Å². The van der Waals surface area contributed by atoms with E-state index in [4.69, 9.17) is 4.74 Å². The van der Waals surface area contributed by atoms with Gasteiger partial charge in [-0.05, 0) is 118 Å². The zero-order valence-corrected chi connectivity index (χ0v) is 32.1. The topological polar surface area (TPSA) is 12.5 Å². The predicted octanol–water partition coefficient (Wildman–Crippen LogP) is 14.2. The van der Waals surface area contributed by atoms with Crippen LogP contribution in [0.3, 0.4) is 0 Å². The van der Waals surface area contributed by atoms with Gasteiger partial charge in [0.2, 0.25) is 0 Å². The number of anilines is 3. The molecule has 2 heteroatoms. The minimum absolute atomic E-state index is 0.132. The molecule has 8 aromatic carbocycles. The molecule has 0 unspecified atom stereocenters. The molecule has 268 valence electrons. The molecule has 1 spiro atoms. The molecule has 0 N–H and O–H groups in total. The number of hydrogen-bond donors (Lipinski definition) is 0. The summed E-state index contributed by atoms with van der Waals surface area (Å²) in [5, 5.41) is 0. The second-order valence-corrected chi connectivity index (χ2v) is 16.1. The smallest absolute Gasteiger partial charge is 0.132 e. The first-order chi connectivity index (χ1) is 27.4. The van der Waals surface area contributed by atoms with E-state index in [0.29, 0.717) is 0 Å².